The van der Waals surface area contributed by atoms with Gasteiger partial charge >= 0.3 is 57.4 Å². The van der Waals surface area contributed by atoms with Gasteiger partial charge in [0.15, 0.2) is 11.5 Å². The summed E-state index contributed by atoms with van der Waals surface area (Å²) in [7, 11) is 0. The minimum atomic E-state index is -1.09. The van der Waals surface area contributed by atoms with Gasteiger partial charge < -0.3 is 19.9 Å². The minimum absolute atomic E-state index is 0. The summed E-state index contributed by atoms with van der Waals surface area (Å²) in [6.07, 6.45) is 0. The third kappa shape index (κ3) is 3.68. The number of rotatable bonds is 3. The van der Waals surface area contributed by atoms with E-state index in [2.05, 4.69) is 5.32 Å². The molecule has 17 heavy (non-hydrogen) atoms. The molecule has 0 unspecified atom stereocenters. The van der Waals surface area contributed by atoms with Crippen molar-refractivity contribution < 1.29 is 24.2 Å². The summed E-state index contributed by atoms with van der Waals surface area (Å²) in [5, 5.41) is 10.7. The van der Waals surface area contributed by atoms with Crippen molar-refractivity contribution in [2.75, 3.05) is 13.3 Å². The standard InChI is InChI=1S/C10H9NO5.K.H/c12-9(13)4-11-10(14)6-1-2-7-8(3-6)16-5-15-7;;/h1-3H,4-5H2,(H,11,14)(H,12,13);;. The molecule has 1 aliphatic rings. The quantitative estimate of drug-likeness (QED) is 0.724. The molecule has 1 aromatic carbocycles. The van der Waals surface area contributed by atoms with E-state index in [9.17, 15) is 9.59 Å². The molecule has 2 rings (SSSR count). The number of carbonyl (C=O) groups excluding carboxylic acids is 1. The molecule has 0 saturated carbocycles. The fourth-order valence-electron chi connectivity index (χ4n) is 1.30. The number of fused-ring (bicyclic) bond motifs is 1. The van der Waals surface area contributed by atoms with Gasteiger partial charge in [0, 0.05) is 5.56 Å². The zero-order valence-corrected chi connectivity index (χ0v) is 8.23. The molecule has 0 saturated heterocycles. The fraction of sp³-hybridized carbons (Fsp3) is 0.200. The molecule has 0 fully saturated rings. The van der Waals surface area contributed by atoms with Crippen molar-refractivity contribution in [1.82, 2.24) is 5.32 Å². The molecule has 1 aromatic rings. The topological polar surface area (TPSA) is 84.9 Å². The Morgan fingerprint density at radius 2 is 2.00 bits per heavy atom. The fourth-order valence-corrected chi connectivity index (χ4v) is 1.30. The first kappa shape index (κ1) is 14.5. The van der Waals surface area contributed by atoms with Gasteiger partial charge in [0.1, 0.15) is 6.54 Å². The summed E-state index contributed by atoms with van der Waals surface area (Å²) in [6.45, 7) is -0.275. The Bertz CT molecular complexity index is 448. The Labute approximate surface area is 140 Å². The van der Waals surface area contributed by atoms with Gasteiger partial charge in [-0.2, -0.15) is 0 Å². The van der Waals surface area contributed by atoms with Gasteiger partial charge in [-0.05, 0) is 18.2 Å². The van der Waals surface area contributed by atoms with Crippen molar-refractivity contribution in [3.05, 3.63) is 23.8 Å². The first-order valence-electron chi connectivity index (χ1n) is 4.56. The second kappa shape index (κ2) is 6.36. The van der Waals surface area contributed by atoms with Gasteiger partial charge in [-0.15, -0.1) is 0 Å². The van der Waals surface area contributed by atoms with Crippen LogP contribution in [0.25, 0.3) is 0 Å². The number of carbonyl (C=O) groups is 2. The normalized spacial score (nSPS) is 11.5. The van der Waals surface area contributed by atoms with Crippen molar-refractivity contribution in [3.8, 4) is 11.5 Å². The van der Waals surface area contributed by atoms with Crippen molar-refractivity contribution in [1.29, 1.82) is 0 Å². The maximum absolute atomic E-state index is 11.5. The Balaban J connectivity index is 0.00000144. The molecule has 2 N–H and O–H groups in total. The Morgan fingerprint density at radius 1 is 1.29 bits per heavy atom. The van der Waals surface area contributed by atoms with E-state index in [1.807, 2.05) is 0 Å². The van der Waals surface area contributed by atoms with Crippen molar-refractivity contribution in [2.45, 2.75) is 0 Å². The van der Waals surface area contributed by atoms with Crippen LogP contribution in [0.3, 0.4) is 0 Å². The summed E-state index contributed by atoms with van der Waals surface area (Å²) >= 11 is 0. The Hall–Kier alpha value is -0.604. The second-order valence-electron chi connectivity index (χ2n) is 3.14. The van der Waals surface area contributed by atoms with E-state index in [1.54, 1.807) is 12.1 Å². The first-order valence-corrected chi connectivity index (χ1v) is 4.56. The zero-order chi connectivity index (χ0) is 11.5. The molecule has 0 aromatic heterocycles. The molecule has 0 aliphatic carbocycles. The number of benzene rings is 1. The average Bonchev–Trinajstić information content (AvgIpc) is 2.72. The van der Waals surface area contributed by atoms with E-state index in [0.29, 0.717) is 17.1 Å². The molecular weight excluding hydrogens is 253 g/mol. The summed E-state index contributed by atoms with van der Waals surface area (Å²) in [5.41, 5.74) is 0.338. The number of hydrogen-bond acceptors (Lipinski definition) is 4. The van der Waals surface area contributed by atoms with E-state index in [4.69, 9.17) is 14.6 Å². The Kier molecular flexibility index (Phi) is 5.41. The number of nitrogens with one attached hydrogen (secondary N) is 1. The monoisotopic (exact) mass is 263 g/mol. The number of carboxylic acid groups (broad SMARTS) is 1. The van der Waals surface area contributed by atoms with Crippen LogP contribution in [0.5, 0.6) is 11.5 Å². The van der Waals surface area contributed by atoms with E-state index in [-0.39, 0.29) is 58.2 Å². The molecule has 6 nitrogen and oxygen atoms in total. The Morgan fingerprint density at radius 3 is 2.71 bits per heavy atom. The predicted molar refractivity (Wildman–Crippen MR) is 59.7 cm³/mol. The van der Waals surface area contributed by atoms with Crippen LogP contribution < -0.4 is 14.8 Å². The van der Waals surface area contributed by atoms with E-state index in [0.717, 1.165) is 0 Å². The third-order valence-corrected chi connectivity index (χ3v) is 2.03. The second-order valence-corrected chi connectivity index (χ2v) is 3.14. The van der Waals surface area contributed by atoms with Gasteiger partial charge in [0.25, 0.3) is 5.91 Å². The molecule has 86 valence electrons. The molecule has 1 amide bonds. The van der Waals surface area contributed by atoms with Crippen molar-refractivity contribution in [3.63, 3.8) is 0 Å². The van der Waals surface area contributed by atoms with Crippen LogP contribution in [0.15, 0.2) is 18.2 Å². The summed E-state index contributed by atoms with van der Waals surface area (Å²) in [4.78, 5) is 21.7. The van der Waals surface area contributed by atoms with Crippen LogP contribution in [0.1, 0.15) is 10.4 Å². The molecule has 0 spiro atoms. The molecule has 0 atom stereocenters. The molecule has 0 radical (unpaired) electrons. The summed E-state index contributed by atoms with van der Waals surface area (Å²) < 4.78 is 10.2. The number of amides is 1. The van der Waals surface area contributed by atoms with Crippen LogP contribution in [0.2, 0.25) is 0 Å². The van der Waals surface area contributed by atoms with Crippen molar-refractivity contribution in [2.24, 2.45) is 0 Å². The SMILES string of the molecule is O=C(O)CNC(=O)c1ccc2c(c1)OCO2.[KH]. The van der Waals surface area contributed by atoms with Crippen LogP contribution in [0.4, 0.5) is 0 Å². The zero-order valence-electron chi connectivity index (χ0n) is 8.23. The van der Waals surface area contributed by atoms with Crippen molar-refractivity contribution >= 4 is 63.3 Å². The number of aliphatic carboxylic acids is 1. The van der Waals surface area contributed by atoms with Crippen LogP contribution in [0, 0.1) is 0 Å². The van der Waals surface area contributed by atoms with E-state index < -0.39 is 18.4 Å². The van der Waals surface area contributed by atoms with Crippen LogP contribution in [-0.2, 0) is 4.79 Å². The summed E-state index contributed by atoms with van der Waals surface area (Å²) in [6, 6.07) is 4.67. The van der Waals surface area contributed by atoms with Crippen LogP contribution >= 0.6 is 0 Å². The number of carboxylic acids is 1. The van der Waals surface area contributed by atoms with Gasteiger partial charge in [0.05, 0.1) is 0 Å². The summed E-state index contributed by atoms with van der Waals surface area (Å²) in [5.74, 6) is -0.479. The van der Waals surface area contributed by atoms with Gasteiger partial charge in [-0.3, -0.25) is 9.59 Å². The van der Waals surface area contributed by atoms with Crippen LogP contribution in [-0.4, -0.2) is 81.7 Å². The average molecular weight is 263 g/mol. The third-order valence-electron chi connectivity index (χ3n) is 2.03. The molecule has 7 heteroatoms. The van der Waals surface area contributed by atoms with Gasteiger partial charge in [-0.25, -0.2) is 0 Å². The predicted octanol–water partition coefficient (Wildman–Crippen LogP) is -0.419. The first-order chi connectivity index (χ1) is 7.66. The van der Waals surface area contributed by atoms with E-state index >= 15 is 0 Å². The number of hydrogen-bond donors (Lipinski definition) is 2. The van der Waals surface area contributed by atoms with Gasteiger partial charge in [-0.1, -0.05) is 0 Å². The molecule has 1 heterocycles. The van der Waals surface area contributed by atoms with Gasteiger partial charge in [0.2, 0.25) is 6.79 Å². The number of ether oxygens (including phenoxy) is 2. The molecule has 0 bridgehead atoms. The molecular formula is C10H10KNO5. The maximum atomic E-state index is 11.5. The van der Waals surface area contributed by atoms with E-state index in [1.165, 1.54) is 6.07 Å². The molecule has 1 aliphatic heterocycles.